The molecule has 0 spiro atoms. The van der Waals surface area contributed by atoms with Crippen LogP contribution >= 0.6 is 17.5 Å². The Kier molecular flexibility index (Phi) is 10.8. The van der Waals surface area contributed by atoms with E-state index < -0.39 is 6.13 Å². The standard InChI is InChI=1S/C8H19OPS2/c1-3-5-7-9-10(11)12-8-6-4-2/h10H,3-8H2,1-2H3. The van der Waals surface area contributed by atoms with Gasteiger partial charge >= 0.3 is 0 Å². The quantitative estimate of drug-likeness (QED) is 0.459. The minimum Gasteiger partial charge on any atom is -0.344 e. The lowest BCUT2D eigenvalue weighted by Crippen LogP contribution is -1.83. The summed E-state index contributed by atoms with van der Waals surface area (Å²) in [5.41, 5.74) is 0. The van der Waals surface area contributed by atoms with Gasteiger partial charge in [-0.05, 0) is 12.8 Å². The Morgan fingerprint density at radius 3 is 2.50 bits per heavy atom. The highest BCUT2D eigenvalue weighted by molar-refractivity contribution is 8.62. The second-order valence-corrected chi connectivity index (χ2v) is 8.01. The van der Waals surface area contributed by atoms with Crippen molar-refractivity contribution in [3.05, 3.63) is 0 Å². The van der Waals surface area contributed by atoms with Crippen LogP contribution in [0.15, 0.2) is 0 Å². The van der Waals surface area contributed by atoms with Crippen LogP contribution in [0.3, 0.4) is 0 Å². The minimum atomic E-state index is -0.935. The van der Waals surface area contributed by atoms with E-state index in [0.29, 0.717) is 0 Å². The van der Waals surface area contributed by atoms with Crippen LogP contribution in [0.1, 0.15) is 39.5 Å². The summed E-state index contributed by atoms with van der Waals surface area (Å²) < 4.78 is 5.51. The van der Waals surface area contributed by atoms with Gasteiger partial charge in [-0.15, -0.1) is 11.4 Å². The molecule has 4 heteroatoms. The zero-order valence-corrected chi connectivity index (χ0v) is 10.6. The molecule has 12 heavy (non-hydrogen) atoms. The minimum absolute atomic E-state index is 0.868. The molecule has 0 saturated carbocycles. The van der Waals surface area contributed by atoms with Crippen LogP contribution in [0.5, 0.6) is 0 Å². The molecule has 0 aliphatic rings. The average molecular weight is 226 g/mol. The largest absolute Gasteiger partial charge is 0.344 e. The summed E-state index contributed by atoms with van der Waals surface area (Å²) in [5.74, 6) is 1.18. The van der Waals surface area contributed by atoms with Crippen LogP contribution in [-0.2, 0) is 16.3 Å². The van der Waals surface area contributed by atoms with Crippen molar-refractivity contribution in [2.24, 2.45) is 0 Å². The van der Waals surface area contributed by atoms with Gasteiger partial charge in [0.05, 0.1) is 6.61 Å². The zero-order valence-electron chi connectivity index (χ0n) is 7.97. The molecule has 0 N–H and O–H groups in total. The van der Waals surface area contributed by atoms with E-state index in [4.69, 9.17) is 16.3 Å². The molecule has 74 valence electrons. The SMILES string of the molecule is CCCCO[PH](=S)SCCCC. The number of hydrogen-bond donors (Lipinski definition) is 0. The van der Waals surface area contributed by atoms with E-state index >= 15 is 0 Å². The summed E-state index contributed by atoms with van der Waals surface area (Å²) in [7, 11) is 0. The van der Waals surface area contributed by atoms with Crippen LogP contribution in [0.4, 0.5) is 0 Å². The Balaban J connectivity index is 3.10. The first kappa shape index (κ1) is 13.0. The van der Waals surface area contributed by atoms with Gasteiger partial charge in [-0.2, -0.15) is 0 Å². The summed E-state index contributed by atoms with van der Waals surface area (Å²) in [6.07, 6.45) is 3.94. The molecule has 1 atom stereocenters. The molecule has 0 aromatic heterocycles. The molecular formula is C8H19OPS2. The number of unbranched alkanes of at least 4 members (excludes halogenated alkanes) is 2. The van der Waals surface area contributed by atoms with Crippen molar-refractivity contribution in [2.45, 2.75) is 39.5 Å². The Morgan fingerprint density at radius 1 is 1.25 bits per heavy atom. The molecule has 0 saturated heterocycles. The molecule has 0 aromatic rings. The fraction of sp³-hybridized carbons (Fsp3) is 1.00. The molecule has 0 aliphatic carbocycles. The number of rotatable bonds is 8. The summed E-state index contributed by atoms with van der Waals surface area (Å²) in [4.78, 5) is 0. The van der Waals surface area contributed by atoms with E-state index in [0.717, 1.165) is 13.0 Å². The first-order valence-electron chi connectivity index (χ1n) is 4.60. The van der Waals surface area contributed by atoms with Crippen molar-refractivity contribution in [3.63, 3.8) is 0 Å². The highest BCUT2D eigenvalue weighted by Gasteiger charge is 1.94. The topological polar surface area (TPSA) is 9.23 Å². The van der Waals surface area contributed by atoms with Crippen molar-refractivity contribution in [1.29, 1.82) is 0 Å². The maximum atomic E-state index is 5.51. The molecule has 0 radical (unpaired) electrons. The predicted octanol–water partition coefficient (Wildman–Crippen LogP) is 3.84. The van der Waals surface area contributed by atoms with Crippen molar-refractivity contribution in [3.8, 4) is 0 Å². The van der Waals surface area contributed by atoms with E-state index in [1.54, 1.807) is 0 Å². The Morgan fingerprint density at radius 2 is 1.92 bits per heavy atom. The molecule has 1 unspecified atom stereocenters. The maximum Gasteiger partial charge on any atom is 0.107 e. The third-order valence-electron chi connectivity index (χ3n) is 1.44. The molecule has 0 heterocycles. The van der Waals surface area contributed by atoms with Crippen molar-refractivity contribution < 1.29 is 4.52 Å². The smallest absolute Gasteiger partial charge is 0.107 e. The molecule has 0 fully saturated rings. The van der Waals surface area contributed by atoms with E-state index in [-0.39, 0.29) is 0 Å². The summed E-state index contributed by atoms with van der Waals surface area (Å²) in [5, 5.41) is 0. The molecule has 1 nitrogen and oxygen atoms in total. The van der Waals surface area contributed by atoms with Crippen LogP contribution < -0.4 is 0 Å². The van der Waals surface area contributed by atoms with E-state index in [1.165, 1.54) is 25.0 Å². The fourth-order valence-electron chi connectivity index (χ4n) is 0.641. The lowest BCUT2D eigenvalue weighted by Gasteiger charge is -2.04. The summed E-state index contributed by atoms with van der Waals surface area (Å²) in [6, 6.07) is 0. The second kappa shape index (κ2) is 10.0. The Hall–Kier alpha value is 0.960. The molecule has 0 amide bonds. The molecule has 0 bridgehead atoms. The normalized spacial score (nSPS) is 13.2. The summed E-state index contributed by atoms with van der Waals surface area (Å²) in [6.45, 7) is 5.24. The molecular weight excluding hydrogens is 207 g/mol. The van der Waals surface area contributed by atoms with Gasteiger partial charge in [-0.25, -0.2) is 0 Å². The lowest BCUT2D eigenvalue weighted by molar-refractivity contribution is 0.357. The van der Waals surface area contributed by atoms with Crippen molar-refractivity contribution in [1.82, 2.24) is 0 Å². The van der Waals surface area contributed by atoms with Crippen LogP contribution in [0.25, 0.3) is 0 Å². The lowest BCUT2D eigenvalue weighted by atomic mass is 10.4. The van der Waals surface area contributed by atoms with Gasteiger partial charge in [0, 0.05) is 5.75 Å². The monoisotopic (exact) mass is 226 g/mol. The number of hydrogen-bond acceptors (Lipinski definition) is 3. The van der Waals surface area contributed by atoms with E-state index in [2.05, 4.69) is 13.8 Å². The van der Waals surface area contributed by atoms with Crippen molar-refractivity contribution in [2.75, 3.05) is 12.4 Å². The van der Waals surface area contributed by atoms with Gasteiger partial charge in [0.2, 0.25) is 0 Å². The highest BCUT2D eigenvalue weighted by Crippen LogP contribution is 2.39. The van der Waals surface area contributed by atoms with Gasteiger partial charge in [0.15, 0.2) is 0 Å². The van der Waals surface area contributed by atoms with Crippen LogP contribution in [0.2, 0.25) is 0 Å². The Labute approximate surface area is 85.9 Å². The molecule has 0 aliphatic heterocycles. The summed E-state index contributed by atoms with van der Waals surface area (Å²) >= 11 is 7.05. The second-order valence-electron chi connectivity index (χ2n) is 2.65. The van der Waals surface area contributed by atoms with Gasteiger partial charge < -0.3 is 4.52 Å². The third kappa shape index (κ3) is 9.05. The zero-order chi connectivity index (χ0) is 9.23. The first-order valence-corrected chi connectivity index (χ1v) is 8.86. The maximum absolute atomic E-state index is 5.51. The van der Waals surface area contributed by atoms with Gasteiger partial charge in [-0.3, -0.25) is 0 Å². The Bertz CT molecular complexity index is 108. The van der Waals surface area contributed by atoms with Crippen molar-refractivity contribution >= 4 is 29.3 Å². The fourth-order valence-corrected chi connectivity index (χ4v) is 4.07. The van der Waals surface area contributed by atoms with Crippen LogP contribution in [-0.4, -0.2) is 12.4 Å². The van der Waals surface area contributed by atoms with Gasteiger partial charge in [0.25, 0.3) is 0 Å². The van der Waals surface area contributed by atoms with Crippen LogP contribution in [0, 0.1) is 0 Å². The van der Waals surface area contributed by atoms with Gasteiger partial charge in [-0.1, -0.05) is 38.5 Å². The van der Waals surface area contributed by atoms with E-state index in [1.807, 2.05) is 11.4 Å². The molecule has 0 aromatic carbocycles. The van der Waals surface area contributed by atoms with E-state index in [9.17, 15) is 0 Å². The highest BCUT2D eigenvalue weighted by atomic mass is 32.9. The predicted molar refractivity (Wildman–Crippen MR) is 63.9 cm³/mol. The third-order valence-corrected chi connectivity index (χ3v) is 5.69. The van der Waals surface area contributed by atoms with Gasteiger partial charge in [0.1, 0.15) is 6.13 Å². The average Bonchev–Trinajstić information content (AvgIpc) is 2.06. The first-order chi connectivity index (χ1) is 5.81. The molecule has 0 rings (SSSR count).